The van der Waals surface area contributed by atoms with E-state index in [1.165, 1.54) is 17.3 Å². The number of alkyl halides is 6. The normalized spacial score (nSPS) is 18.0. The van der Waals surface area contributed by atoms with E-state index in [4.69, 9.17) is 0 Å². The number of aromatic nitrogens is 1. The minimum Gasteiger partial charge on any atom is -0.332 e. The summed E-state index contributed by atoms with van der Waals surface area (Å²) >= 11 is 0. The molecule has 27 heavy (non-hydrogen) atoms. The van der Waals surface area contributed by atoms with Crippen molar-refractivity contribution in [1.82, 2.24) is 9.88 Å². The smallest absolute Gasteiger partial charge is 0.332 e. The summed E-state index contributed by atoms with van der Waals surface area (Å²) in [4.78, 5) is 17.9. The SMILES string of the molecule is O=C(c1cc(C(F)(F)F)cc(C(F)(F)F)c1)N1CCCC1c1ccncc1. The molecule has 0 radical (unpaired) electrons. The highest BCUT2D eigenvalue weighted by atomic mass is 19.4. The number of hydrogen-bond donors (Lipinski definition) is 0. The van der Waals surface area contributed by atoms with Gasteiger partial charge in [0.2, 0.25) is 0 Å². The molecule has 0 N–H and O–H groups in total. The highest BCUT2D eigenvalue weighted by molar-refractivity contribution is 5.95. The molecule has 2 heterocycles. The fourth-order valence-corrected chi connectivity index (χ4v) is 3.19. The number of nitrogens with zero attached hydrogens (tertiary/aromatic N) is 2. The molecule has 1 saturated heterocycles. The Kier molecular flexibility index (Phi) is 4.88. The quantitative estimate of drug-likeness (QED) is 0.671. The van der Waals surface area contributed by atoms with E-state index in [1.54, 1.807) is 12.1 Å². The molecular weight excluding hydrogens is 374 g/mol. The van der Waals surface area contributed by atoms with Gasteiger partial charge in [0.25, 0.3) is 5.91 Å². The molecule has 1 fully saturated rings. The average molecular weight is 388 g/mol. The van der Waals surface area contributed by atoms with E-state index in [9.17, 15) is 31.1 Å². The lowest BCUT2D eigenvalue weighted by molar-refractivity contribution is -0.143. The zero-order valence-corrected chi connectivity index (χ0v) is 13.8. The zero-order chi connectivity index (χ0) is 19.8. The second-order valence-corrected chi connectivity index (χ2v) is 6.23. The minimum absolute atomic E-state index is 0.0150. The Morgan fingerprint density at radius 1 is 0.963 bits per heavy atom. The Morgan fingerprint density at radius 3 is 2.04 bits per heavy atom. The molecule has 3 nitrogen and oxygen atoms in total. The maximum absolute atomic E-state index is 13.0. The molecule has 1 aliphatic heterocycles. The second-order valence-electron chi connectivity index (χ2n) is 6.23. The Morgan fingerprint density at radius 2 is 1.52 bits per heavy atom. The lowest BCUT2D eigenvalue weighted by atomic mass is 10.0. The number of carbonyl (C=O) groups is 1. The largest absolute Gasteiger partial charge is 0.416 e. The summed E-state index contributed by atoms with van der Waals surface area (Å²) in [5, 5.41) is 0. The number of benzene rings is 1. The average Bonchev–Trinajstić information content (AvgIpc) is 3.09. The van der Waals surface area contributed by atoms with Gasteiger partial charge < -0.3 is 4.90 Å². The van der Waals surface area contributed by atoms with Gasteiger partial charge in [-0.25, -0.2) is 0 Å². The van der Waals surface area contributed by atoms with Gasteiger partial charge in [0.15, 0.2) is 0 Å². The second kappa shape index (κ2) is 6.86. The van der Waals surface area contributed by atoms with Crippen molar-refractivity contribution in [3.63, 3.8) is 0 Å². The van der Waals surface area contributed by atoms with Crippen LogP contribution in [-0.4, -0.2) is 22.3 Å². The molecule has 144 valence electrons. The predicted molar refractivity (Wildman–Crippen MR) is 83.7 cm³/mol. The van der Waals surface area contributed by atoms with Crippen molar-refractivity contribution in [2.75, 3.05) is 6.54 Å². The number of likely N-dealkylation sites (tertiary alicyclic amines) is 1. The minimum atomic E-state index is -4.99. The third kappa shape index (κ3) is 4.06. The van der Waals surface area contributed by atoms with Gasteiger partial charge in [-0.15, -0.1) is 0 Å². The van der Waals surface area contributed by atoms with Gasteiger partial charge >= 0.3 is 12.4 Å². The fraction of sp³-hybridized carbons (Fsp3) is 0.333. The predicted octanol–water partition coefficient (Wildman–Crippen LogP) is 5.10. The van der Waals surface area contributed by atoms with Crippen molar-refractivity contribution in [2.45, 2.75) is 31.2 Å². The van der Waals surface area contributed by atoms with Crippen LogP contribution in [0.1, 0.15) is 45.9 Å². The molecule has 0 aliphatic carbocycles. The maximum atomic E-state index is 13.0. The number of rotatable bonds is 2. The molecule has 0 bridgehead atoms. The van der Waals surface area contributed by atoms with Crippen LogP contribution in [-0.2, 0) is 12.4 Å². The third-order valence-electron chi connectivity index (χ3n) is 4.44. The summed E-state index contributed by atoms with van der Waals surface area (Å²) in [6, 6.07) is 3.89. The van der Waals surface area contributed by atoms with Gasteiger partial charge in [-0.05, 0) is 48.7 Å². The molecule has 9 heteroatoms. The first-order valence-electron chi connectivity index (χ1n) is 8.08. The number of halogens is 6. The first kappa shape index (κ1) is 19.2. The monoisotopic (exact) mass is 388 g/mol. The Labute approximate surface area is 150 Å². The van der Waals surface area contributed by atoms with Crippen LogP contribution < -0.4 is 0 Å². The summed E-state index contributed by atoms with van der Waals surface area (Å²) in [5.74, 6) is -0.856. The van der Waals surface area contributed by atoms with Crippen molar-refractivity contribution in [3.8, 4) is 0 Å². The summed E-state index contributed by atoms with van der Waals surface area (Å²) in [7, 11) is 0. The van der Waals surface area contributed by atoms with E-state index in [0.29, 0.717) is 25.0 Å². The van der Waals surface area contributed by atoms with Crippen LogP contribution in [0.3, 0.4) is 0 Å². The molecule has 2 aromatic rings. The number of carbonyl (C=O) groups excluding carboxylic acids is 1. The molecule has 1 unspecified atom stereocenters. The van der Waals surface area contributed by atoms with E-state index < -0.39 is 41.0 Å². The first-order valence-corrected chi connectivity index (χ1v) is 8.08. The highest BCUT2D eigenvalue weighted by Crippen LogP contribution is 2.38. The van der Waals surface area contributed by atoms with Gasteiger partial charge in [0.1, 0.15) is 0 Å². The van der Waals surface area contributed by atoms with Crippen molar-refractivity contribution in [1.29, 1.82) is 0 Å². The fourth-order valence-electron chi connectivity index (χ4n) is 3.19. The topological polar surface area (TPSA) is 33.2 Å². The molecule has 1 aromatic carbocycles. The molecule has 0 saturated carbocycles. The van der Waals surface area contributed by atoms with Crippen LogP contribution in [0.25, 0.3) is 0 Å². The lowest BCUT2D eigenvalue weighted by Crippen LogP contribution is -2.31. The van der Waals surface area contributed by atoms with E-state index in [0.717, 1.165) is 5.56 Å². The molecule has 1 aliphatic rings. The van der Waals surface area contributed by atoms with Gasteiger partial charge in [-0.1, -0.05) is 0 Å². The Balaban J connectivity index is 2.01. The van der Waals surface area contributed by atoms with Crippen LogP contribution in [0.15, 0.2) is 42.7 Å². The summed E-state index contributed by atoms with van der Waals surface area (Å²) < 4.78 is 78.1. The van der Waals surface area contributed by atoms with E-state index in [-0.39, 0.29) is 12.6 Å². The Hall–Kier alpha value is -2.58. The van der Waals surface area contributed by atoms with Crippen LogP contribution in [0.4, 0.5) is 26.3 Å². The van der Waals surface area contributed by atoms with Crippen molar-refractivity contribution >= 4 is 5.91 Å². The molecule has 0 spiro atoms. The van der Waals surface area contributed by atoms with Gasteiger partial charge in [-0.3, -0.25) is 9.78 Å². The van der Waals surface area contributed by atoms with Crippen molar-refractivity contribution in [2.24, 2.45) is 0 Å². The molecular formula is C18H14F6N2O. The summed E-state index contributed by atoms with van der Waals surface area (Å²) in [5.41, 5.74) is -2.89. The number of hydrogen-bond acceptors (Lipinski definition) is 2. The van der Waals surface area contributed by atoms with Crippen LogP contribution in [0.2, 0.25) is 0 Å². The molecule has 1 amide bonds. The number of pyridine rings is 1. The standard InChI is InChI=1S/C18H14F6N2O/c19-17(20,21)13-8-12(9-14(10-13)18(22,23)24)16(27)26-7-1-2-15(26)11-3-5-25-6-4-11/h3-6,8-10,15H,1-2,7H2. The zero-order valence-electron chi connectivity index (χ0n) is 13.8. The highest BCUT2D eigenvalue weighted by Gasteiger charge is 2.39. The third-order valence-corrected chi connectivity index (χ3v) is 4.44. The van der Waals surface area contributed by atoms with Crippen molar-refractivity contribution < 1.29 is 31.1 Å². The molecule has 1 aromatic heterocycles. The van der Waals surface area contributed by atoms with E-state index in [2.05, 4.69) is 4.98 Å². The Bertz CT molecular complexity index is 800. The molecule has 1 atom stereocenters. The lowest BCUT2D eigenvalue weighted by Gasteiger charge is -2.26. The van der Waals surface area contributed by atoms with E-state index >= 15 is 0 Å². The number of amides is 1. The maximum Gasteiger partial charge on any atom is 0.416 e. The van der Waals surface area contributed by atoms with Gasteiger partial charge in [0.05, 0.1) is 17.2 Å². The van der Waals surface area contributed by atoms with E-state index in [1.807, 2.05) is 0 Å². The van der Waals surface area contributed by atoms with Crippen LogP contribution >= 0.6 is 0 Å². The first-order chi connectivity index (χ1) is 12.6. The van der Waals surface area contributed by atoms with Crippen molar-refractivity contribution in [3.05, 3.63) is 65.0 Å². The summed E-state index contributed by atoms with van der Waals surface area (Å²) in [6.45, 7) is 0.253. The van der Waals surface area contributed by atoms with Gasteiger partial charge in [-0.2, -0.15) is 26.3 Å². The molecule has 3 rings (SSSR count). The van der Waals surface area contributed by atoms with Crippen LogP contribution in [0, 0.1) is 0 Å². The van der Waals surface area contributed by atoms with Gasteiger partial charge in [0, 0.05) is 24.5 Å². The van der Waals surface area contributed by atoms with Crippen LogP contribution in [0.5, 0.6) is 0 Å². The summed E-state index contributed by atoms with van der Waals surface area (Å²) in [6.07, 6.45) is -5.78.